The zero-order valence-electron chi connectivity index (χ0n) is 16.7. The van der Waals surface area contributed by atoms with Crippen molar-refractivity contribution in [2.45, 2.75) is 24.4 Å². The van der Waals surface area contributed by atoms with Crippen LogP contribution < -0.4 is 0 Å². The number of phenols is 6. The third-order valence-electron chi connectivity index (χ3n) is 4.83. The predicted molar refractivity (Wildman–Crippen MR) is 104 cm³/mol. The van der Waals surface area contributed by atoms with E-state index in [1.165, 1.54) is 0 Å². The van der Waals surface area contributed by atoms with Gasteiger partial charge >= 0.3 is 11.9 Å². The second kappa shape index (κ2) is 9.28. The molecule has 3 rings (SSSR count). The molecule has 1 heterocycles. The molecule has 8 N–H and O–H groups in total. The van der Waals surface area contributed by atoms with Crippen LogP contribution in [-0.4, -0.2) is 90.4 Å². The summed E-state index contributed by atoms with van der Waals surface area (Å²) in [6, 6.07) is 3.34. The maximum absolute atomic E-state index is 12.2. The maximum Gasteiger partial charge on any atom is 0.338 e. The normalized spacial score (nSPS) is 22.5. The third kappa shape index (κ3) is 4.95. The molecule has 2 aromatic rings. The van der Waals surface area contributed by atoms with Gasteiger partial charge < -0.3 is 55.1 Å². The minimum Gasteiger partial charge on any atom is -0.504 e. The fraction of sp³-hybridized carbons (Fsp3) is 0.300. The SMILES string of the molecule is O=C(OC[C@H]1OCC(OC(=O)c2cc(O)c(O)c(O)c2)C(O)C1O)c1cc(O)c(O)c(O)c1. The number of carbonyl (C=O) groups excluding carboxylic acids is 2. The maximum atomic E-state index is 12.2. The first-order valence-corrected chi connectivity index (χ1v) is 9.35. The standard InChI is InChI=1S/C20H20O13/c21-9-1-7(2-10(22)15(9)25)19(29)32-5-13-17(27)18(28)14(6-31-13)33-20(30)8-3-11(23)16(26)12(24)4-8/h1-4,13-14,17-18,21-28H,5-6H2/t13-,14?,17?,18?/m1/s1. The highest BCUT2D eigenvalue weighted by atomic mass is 16.6. The molecule has 4 atom stereocenters. The molecule has 0 bridgehead atoms. The van der Waals surface area contributed by atoms with Gasteiger partial charge in [-0.05, 0) is 24.3 Å². The van der Waals surface area contributed by atoms with Gasteiger partial charge in [0.05, 0.1) is 17.7 Å². The number of esters is 2. The van der Waals surface area contributed by atoms with Gasteiger partial charge in [-0.1, -0.05) is 0 Å². The van der Waals surface area contributed by atoms with E-state index < -0.39 is 84.1 Å². The highest BCUT2D eigenvalue weighted by molar-refractivity contribution is 5.91. The summed E-state index contributed by atoms with van der Waals surface area (Å²) in [6.07, 6.45) is -5.90. The Kier molecular flexibility index (Phi) is 6.67. The van der Waals surface area contributed by atoms with Crippen molar-refractivity contribution in [2.24, 2.45) is 0 Å². The van der Waals surface area contributed by atoms with E-state index in [0.717, 1.165) is 24.3 Å². The molecule has 0 amide bonds. The molecular formula is C20H20O13. The molecule has 1 aliphatic rings. The number of aliphatic hydroxyl groups is 2. The van der Waals surface area contributed by atoms with Crippen molar-refractivity contribution >= 4 is 11.9 Å². The Hall–Kier alpha value is -3.94. The van der Waals surface area contributed by atoms with Crippen LogP contribution in [0.4, 0.5) is 0 Å². The highest BCUT2D eigenvalue weighted by Gasteiger charge is 2.41. The average molecular weight is 468 g/mol. The summed E-state index contributed by atoms with van der Waals surface area (Å²) in [5.41, 5.74) is -0.651. The molecule has 1 saturated heterocycles. The van der Waals surface area contributed by atoms with Crippen molar-refractivity contribution in [3.05, 3.63) is 35.4 Å². The molecule has 0 saturated carbocycles. The minimum absolute atomic E-state index is 0.305. The van der Waals surface area contributed by atoms with Gasteiger partial charge in [0.25, 0.3) is 0 Å². The molecule has 13 heteroatoms. The van der Waals surface area contributed by atoms with Crippen molar-refractivity contribution in [1.29, 1.82) is 0 Å². The second-order valence-corrected chi connectivity index (χ2v) is 7.12. The number of benzene rings is 2. The van der Waals surface area contributed by atoms with Crippen LogP contribution in [0.2, 0.25) is 0 Å². The third-order valence-corrected chi connectivity index (χ3v) is 4.83. The largest absolute Gasteiger partial charge is 0.504 e. The first-order valence-electron chi connectivity index (χ1n) is 9.35. The molecule has 0 radical (unpaired) electrons. The first-order chi connectivity index (χ1) is 15.5. The Morgan fingerprint density at radius 1 is 0.788 bits per heavy atom. The van der Waals surface area contributed by atoms with Crippen molar-refractivity contribution < 1.29 is 64.7 Å². The van der Waals surface area contributed by atoms with Crippen LogP contribution in [0.5, 0.6) is 34.5 Å². The molecule has 0 aliphatic carbocycles. The Labute approximate surface area is 184 Å². The summed E-state index contributed by atoms with van der Waals surface area (Å²) < 4.78 is 15.2. The van der Waals surface area contributed by atoms with Crippen LogP contribution in [0.25, 0.3) is 0 Å². The van der Waals surface area contributed by atoms with E-state index in [2.05, 4.69) is 0 Å². The molecule has 33 heavy (non-hydrogen) atoms. The highest BCUT2D eigenvalue weighted by Crippen LogP contribution is 2.36. The van der Waals surface area contributed by atoms with Crippen molar-refractivity contribution in [3.8, 4) is 34.5 Å². The summed E-state index contributed by atoms with van der Waals surface area (Å²) >= 11 is 0. The van der Waals surface area contributed by atoms with Crippen LogP contribution in [0.1, 0.15) is 20.7 Å². The Morgan fingerprint density at radius 2 is 1.24 bits per heavy atom. The molecule has 0 aromatic heterocycles. The van der Waals surface area contributed by atoms with E-state index in [1.54, 1.807) is 0 Å². The summed E-state index contributed by atoms with van der Waals surface area (Å²) in [6.45, 7) is -0.969. The number of carbonyl (C=O) groups is 2. The predicted octanol–water partition coefficient (Wildman–Crippen LogP) is -0.577. The van der Waals surface area contributed by atoms with Gasteiger partial charge in [0.1, 0.15) is 24.9 Å². The molecule has 1 fully saturated rings. The van der Waals surface area contributed by atoms with Gasteiger partial charge in [-0.2, -0.15) is 0 Å². The summed E-state index contributed by atoms with van der Waals surface area (Å²) in [7, 11) is 0. The molecule has 1 aliphatic heterocycles. The average Bonchev–Trinajstić information content (AvgIpc) is 2.77. The topological polar surface area (TPSA) is 224 Å². The Balaban J connectivity index is 1.58. The Bertz CT molecular complexity index is 1020. The van der Waals surface area contributed by atoms with E-state index in [9.17, 15) is 50.4 Å². The number of phenolic OH excluding ortho intramolecular Hbond substituents is 6. The van der Waals surface area contributed by atoms with Gasteiger partial charge in [0, 0.05) is 0 Å². The summed E-state index contributed by atoms with van der Waals surface area (Å²) in [5.74, 6) is -6.86. The van der Waals surface area contributed by atoms with Gasteiger partial charge in [-0.15, -0.1) is 0 Å². The number of ether oxygens (including phenoxy) is 3. The fourth-order valence-corrected chi connectivity index (χ4v) is 3.00. The molecule has 3 unspecified atom stereocenters. The lowest BCUT2D eigenvalue weighted by atomic mass is 10.0. The molecule has 2 aromatic carbocycles. The summed E-state index contributed by atoms with van der Waals surface area (Å²) in [5, 5.41) is 77.0. The lowest BCUT2D eigenvalue weighted by Gasteiger charge is -2.36. The number of aromatic hydroxyl groups is 6. The van der Waals surface area contributed by atoms with E-state index in [0.29, 0.717) is 0 Å². The first kappa shape index (κ1) is 23.7. The fourth-order valence-electron chi connectivity index (χ4n) is 3.00. The monoisotopic (exact) mass is 468 g/mol. The smallest absolute Gasteiger partial charge is 0.338 e. The lowest BCUT2D eigenvalue weighted by molar-refractivity contribution is -0.196. The number of hydrogen-bond donors (Lipinski definition) is 8. The number of aliphatic hydroxyl groups excluding tert-OH is 2. The zero-order valence-corrected chi connectivity index (χ0v) is 16.7. The van der Waals surface area contributed by atoms with E-state index in [4.69, 9.17) is 14.2 Å². The van der Waals surface area contributed by atoms with Crippen LogP contribution in [0.3, 0.4) is 0 Å². The lowest BCUT2D eigenvalue weighted by Crippen LogP contribution is -2.55. The van der Waals surface area contributed by atoms with Crippen LogP contribution >= 0.6 is 0 Å². The molecule has 0 spiro atoms. The van der Waals surface area contributed by atoms with Crippen LogP contribution in [0, 0.1) is 0 Å². The van der Waals surface area contributed by atoms with Gasteiger partial charge in [0.15, 0.2) is 40.6 Å². The quantitative estimate of drug-likeness (QED) is 0.203. The van der Waals surface area contributed by atoms with Crippen molar-refractivity contribution in [2.75, 3.05) is 13.2 Å². The van der Waals surface area contributed by atoms with Crippen molar-refractivity contribution in [1.82, 2.24) is 0 Å². The van der Waals surface area contributed by atoms with E-state index >= 15 is 0 Å². The van der Waals surface area contributed by atoms with E-state index in [-0.39, 0.29) is 11.1 Å². The van der Waals surface area contributed by atoms with Gasteiger partial charge in [0.2, 0.25) is 0 Å². The van der Waals surface area contributed by atoms with E-state index in [1.807, 2.05) is 0 Å². The van der Waals surface area contributed by atoms with Crippen LogP contribution in [0.15, 0.2) is 24.3 Å². The number of rotatable bonds is 5. The van der Waals surface area contributed by atoms with Gasteiger partial charge in [-0.3, -0.25) is 0 Å². The summed E-state index contributed by atoms with van der Waals surface area (Å²) in [4.78, 5) is 24.3. The Morgan fingerprint density at radius 3 is 1.73 bits per heavy atom. The molecule has 178 valence electrons. The second-order valence-electron chi connectivity index (χ2n) is 7.12. The minimum atomic E-state index is -1.66. The molecular weight excluding hydrogens is 448 g/mol. The number of hydrogen-bond acceptors (Lipinski definition) is 13. The van der Waals surface area contributed by atoms with Gasteiger partial charge in [-0.25, -0.2) is 9.59 Å². The van der Waals surface area contributed by atoms with Crippen LogP contribution in [-0.2, 0) is 14.2 Å². The molecule has 13 nitrogen and oxygen atoms in total. The zero-order chi connectivity index (χ0) is 24.4. The van der Waals surface area contributed by atoms with Crippen molar-refractivity contribution in [3.63, 3.8) is 0 Å².